The smallest absolute Gasteiger partial charge is 0.194 e. The molecule has 0 radical (unpaired) electrons. The van der Waals surface area contributed by atoms with E-state index in [2.05, 4.69) is 234 Å². The van der Waals surface area contributed by atoms with Gasteiger partial charge in [-0.1, -0.05) is 190 Å². The normalized spacial score (nSPS) is 17.4. The first-order valence-corrected chi connectivity index (χ1v) is 35.5. The first-order valence-electron chi connectivity index (χ1n) is 33.3. The molecule has 0 atom stereocenters. The molecule has 8 saturated heterocycles. The van der Waals surface area contributed by atoms with Gasteiger partial charge in [-0.15, -0.1) is 0 Å². The molecule has 8 aliphatic rings. The van der Waals surface area contributed by atoms with Gasteiger partial charge in [-0.05, 0) is 94.6 Å². The van der Waals surface area contributed by atoms with E-state index in [0.717, 1.165) is 71.3 Å². The summed E-state index contributed by atoms with van der Waals surface area (Å²) < 4.78 is 11.9. The summed E-state index contributed by atoms with van der Waals surface area (Å²) in [6, 6.07) is 61.0. The Bertz CT molecular complexity index is 3130. The number of nitro groups is 6. The van der Waals surface area contributed by atoms with Gasteiger partial charge >= 0.3 is 0 Å². The molecule has 0 aromatic heterocycles. The fourth-order valence-electron chi connectivity index (χ4n) is 13.5. The number of anilines is 1. The van der Waals surface area contributed by atoms with E-state index in [1.54, 1.807) is 18.2 Å². The Kier molecular flexibility index (Phi) is 42.6. The predicted octanol–water partition coefficient (Wildman–Crippen LogP) is 10.6. The molecule has 6 aromatic rings. The molecule has 0 saturated carbocycles. The Balaban J connectivity index is 0.000000389. The Morgan fingerprint density at radius 3 is 0.824 bits per heavy atom. The van der Waals surface area contributed by atoms with E-state index in [0.29, 0.717) is 16.2 Å². The van der Waals surface area contributed by atoms with Crippen molar-refractivity contribution >= 4 is 37.5 Å². The minimum atomic E-state index is -0.500. The van der Waals surface area contributed by atoms with Crippen molar-refractivity contribution < 1.29 is 33.9 Å². The molecule has 0 amide bonds. The minimum Gasteiger partial charge on any atom is -0.370 e. The summed E-state index contributed by atoms with van der Waals surface area (Å²) >= 11 is 6.74. The Hall–Kier alpha value is -7.87. The van der Waals surface area contributed by atoms with Crippen molar-refractivity contribution in [1.29, 1.82) is 0 Å². The van der Waals surface area contributed by atoms with Crippen molar-refractivity contribution in [3.8, 4) is 0 Å². The molecule has 0 bridgehead atoms. The summed E-state index contributed by atoms with van der Waals surface area (Å²) in [7, 11) is 16.4. The van der Waals surface area contributed by atoms with Crippen molar-refractivity contribution in [3.63, 3.8) is 0 Å². The number of aryl methyl sites for hydroxylation is 1. The number of rotatable bonds is 9. The summed E-state index contributed by atoms with van der Waals surface area (Å²) in [5, 5.41) is 54.8. The number of halogens is 3. The third-order valence-electron chi connectivity index (χ3n) is 16.2. The van der Waals surface area contributed by atoms with Crippen molar-refractivity contribution in [2.45, 2.75) is 24.7 Å². The topological polar surface area (TPSA) is 285 Å². The molecule has 0 aliphatic carbocycles. The van der Waals surface area contributed by atoms with Gasteiger partial charge in [-0.25, -0.2) is 4.39 Å². The molecule has 102 heavy (non-hydrogen) atoms. The van der Waals surface area contributed by atoms with Crippen LogP contribution in [0.1, 0.15) is 22.3 Å². The van der Waals surface area contributed by atoms with Crippen molar-refractivity contribution in [1.82, 2.24) is 34.3 Å². The SMILES string of the molecule is BrCCc1ccccc1.BrCc1ccccc1.CN1CC2(C1)CN(C)C2.CN1CC2(C1)CN(CCc1ccccc1)C2.CN1CC2(C1)CN(Cc1ccccc1)C2.CN1CC2(C1)CN(c1ccccc1)C2.C[N+](=O)[O-].C[N+](=O)[O-].C[N+](=O)[O-].C[N+](=O)[O-].C[N+](=O)[O-].C[N+](=O)[O-].Fc1ccccc1. The average Bonchev–Trinajstić information content (AvgIpc) is 0.767. The van der Waals surface area contributed by atoms with Crippen LogP contribution in [0.2, 0.25) is 0 Å². The number of para-hydroxylation sites is 1. The molecule has 4 spiro atoms. The maximum absolute atomic E-state index is 11.9. The van der Waals surface area contributed by atoms with E-state index in [4.69, 9.17) is 60.7 Å². The fraction of sp³-hybridized carbons (Fsp3) is 0.507. The lowest BCUT2D eigenvalue weighted by molar-refractivity contribution is -0.445. The molecule has 8 heterocycles. The highest BCUT2D eigenvalue weighted by Crippen LogP contribution is 2.42. The lowest BCUT2D eigenvalue weighted by Crippen LogP contribution is -2.71. The molecular formula is C73H107Br2FN14O12. The van der Waals surface area contributed by atoms with Gasteiger partial charge in [0.25, 0.3) is 0 Å². The second-order valence-corrected chi connectivity index (χ2v) is 28.5. The first kappa shape index (κ1) is 90.2. The predicted molar refractivity (Wildman–Crippen MR) is 411 cm³/mol. The molecule has 0 unspecified atom stereocenters. The van der Waals surface area contributed by atoms with Crippen LogP contribution in [-0.4, -0.2) is 258 Å². The molecule has 26 nitrogen and oxygen atoms in total. The van der Waals surface area contributed by atoms with Gasteiger partial charge in [-0.2, -0.15) is 0 Å². The second-order valence-electron chi connectivity index (χ2n) is 27.1. The molecule has 0 N–H and O–H groups in total. The van der Waals surface area contributed by atoms with Gasteiger partial charge in [0, 0.05) is 185 Å². The van der Waals surface area contributed by atoms with E-state index in [-0.39, 0.29) is 5.82 Å². The molecular weight excluding hydrogens is 1440 g/mol. The van der Waals surface area contributed by atoms with Crippen molar-refractivity contribution in [3.05, 3.63) is 271 Å². The van der Waals surface area contributed by atoms with Crippen LogP contribution in [-0.2, 0) is 24.7 Å². The Labute approximate surface area is 618 Å². The van der Waals surface area contributed by atoms with Crippen LogP contribution in [0.4, 0.5) is 10.1 Å². The molecule has 29 heteroatoms. The maximum atomic E-state index is 11.9. The van der Waals surface area contributed by atoms with Gasteiger partial charge in [0.15, 0.2) is 42.3 Å². The van der Waals surface area contributed by atoms with Crippen LogP contribution < -0.4 is 4.90 Å². The van der Waals surface area contributed by atoms with E-state index in [9.17, 15) is 4.39 Å². The van der Waals surface area contributed by atoms with Gasteiger partial charge in [0.2, 0.25) is 0 Å². The summed E-state index contributed by atoms with van der Waals surface area (Å²) in [5.74, 6) is -0.178. The third-order valence-corrected chi connectivity index (χ3v) is 17.3. The minimum absolute atomic E-state index is 0.178. The largest absolute Gasteiger partial charge is 0.370 e. The molecule has 562 valence electrons. The number of alkyl halides is 2. The highest BCUT2D eigenvalue weighted by molar-refractivity contribution is 9.09. The Morgan fingerprint density at radius 2 is 0.569 bits per heavy atom. The summed E-state index contributed by atoms with van der Waals surface area (Å²) in [4.78, 5) is 69.5. The number of likely N-dealkylation sites (tertiary alicyclic amines) is 7. The lowest BCUT2D eigenvalue weighted by Gasteiger charge is -2.60. The Morgan fingerprint density at radius 1 is 0.333 bits per heavy atom. The molecule has 6 aromatic carbocycles. The summed E-state index contributed by atoms with van der Waals surface area (Å²) in [6.07, 6.45) is 2.33. The van der Waals surface area contributed by atoms with Crippen LogP contribution in [0.3, 0.4) is 0 Å². The van der Waals surface area contributed by atoms with Crippen molar-refractivity contribution in [2.75, 3.05) is 199 Å². The number of nitrogens with zero attached hydrogens (tertiary/aromatic N) is 14. The molecule has 14 rings (SSSR count). The number of hydrogen-bond acceptors (Lipinski definition) is 20. The van der Waals surface area contributed by atoms with E-state index < -0.39 is 29.5 Å². The average molecular weight is 1550 g/mol. The highest BCUT2D eigenvalue weighted by atomic mass is 79.9. The monoisotopic (exact) mass is 1550 g/mol. The van der Waals surface area contributed by atoms with E-state index in [1.165, 1.54) is 158 Å². The van der Waals surface area contributed by atoms with Gasteiger partial charge in [0.1, 0.15) is 5.82 Å². The third kappa shape index (κ3) is 40.1. The zero-order chi connectivity index (χ0) is 76.3. The van der Waals surface area contributed by atoms with Crippen molar-refractivity contribution in [2.24, 2.45) is 21.7 Å². The standard InChI is InChI=1S/C14H20N2.C13H18N2.C12H16N2.C8H9Br.C7H7Br.C7H14N2.C6H5F.6CH3NO2/c1-15-9-14(10-15)11-16(12-14)8-7-13-5-3-2-4-6-13;1-14-8-13(9-14)10-15(11-13)7-12-5-3-2-4-6-12;1-13-7-12(8-13)9-14(10-12)11-5-3-2-4-6-11;9-7-6-8-4-2-1-3-5-8;8-6-7-4-2-1-3-5-7;1-8-3-7(4-8)5-9(2)6-7;7-6-4-2-1-3-5-6;6*1-2(3)4/h2-6H,7-12H2,1H3;2-6H,7-11H2,1H3;2-6H,7-10H2,1H3;1-5H,6-7H2;1-5H,6H2;3-6H2,1-2H3;1-5H;6*1H3. The molecule has 8 fully saturated rings. The lowest BCUT2D eigenvalue weighted by atomic mass is 9.73. The molecule has 8 aliphatic heterocycles. The highest BCUT2D eigenvalue weighted by Gasteiger charge is 2.52. The van der Waals surface area contributed by atoms with Gasteiger partial charge in [-0.3, -0.25) is 65.6 Å². The van der Waals surface area contributed by atoms with Gasteiger partial charge in [0.05, 0.1) is 0 Å². The number of benzene rings is 6. The summed E-state index contributed by atoms with van der Waals surface area (Å²) in [6.45, 7) is 23.2. The van der Waals surface area contributed by atoms with Crippen LogP contribution in [0.15, 0.2) is 182 Å². The fourth-order valence-corrected chi connectivity index (χ4v) is 14.3. The first-order chi connectivity index (χ1) is 48.1. The van der Waals surface area contributed by atoms with Crippen LogP contribution in [0.5, 0.6) is 0 Å². The van der Waals surface area contributed by atoms with Crippen LogP contribution >= 0.6 is 31.9 Å². The quantitative estimate of drug-likeness (QED) is 0.0738. The van der Waals surface area contributed by atoms with Gasteiger partial charge < -0.3 is 34.3 Å². The van der Waals surface area contributed by atoms with E-state index in [1.807, 2.05) is 24.3 Å². The van der Waals surface area contributed by atoms with Crippen LogP contribution in [0.25, 0.3) is 0 Å². The zero-order valence-electron chi connectivity index (χ0n) is 61.2. The van der Waals surface area contributed by atoms with E-state index >= 15 is 0 Å². The second kappa shape index (κ2) is 48.1. The summed E-state index contributed by atoms with van der Waals surface area (Å²) in [5.41, 5.74) is 9.76. The van der Waals surface area contributed by atoms with Crippen LogP contribution in [0, 0.1) is 88.2 Å². The number of hydrogen-bond donors (Lipinski definition) is 0. The zero-order valence-corrected chi connectivity index (χ0v) is 64.3. The maximum Gasteiger partial charge on any atom is 0.194 e.